The number of rotatable bonds is 2. The Bertz CT molecular complexity index is 378. The van der Waals surface area contributed by atoms with E-state index in [0.717, 1.165) is 0 Å². The molecule has 2 amide bonds. The number of ether oxygens (including phenoxy) is 1. The van der Waals surface area contributed by atoms with Gasteiger partial charge in [-0.1, -0.05) is 6.08 Å². The molecular weight excluding hydrogens is 226 g/mol. The molecule has 2 heterocycles. The van der Waals surface area contributed by atoms with Crippen molar-refractivity contribution < 1.29 is 24.5 Å². The fourth-order valence-corrected chi connectivity index (χ4v) is 2.15. The van der Waals surface area contributed by atoms with Gasteiger partial charge in [-0.3, -0.25) is 14.9 Å². The van der Waals surface area contributed by atoms with E-state index in [-0.39, 0.29) is 13.0 Å². The molecule has 2 rings (SSSR count). The van der Waals surface area contributed by atoms with Crippen LogP contribution in [0.2, 0.25) is 0 Å². The summed E-state index contributed by atoms with van der Waals surface area (Å²) >= 11 is 0. The zero-order valence-electron chi connectivity index (χ0n) is 9.42. The van der Waals surface area contributed by atoms with Gasteiger partial charge in [-0.15, -0.1) is 0 Å². The molecule has 1 saturated heterocycles. The number of aliphatic hydroxyl groups is 2. The highest BCUT2D eigenvalue weighted by Gasteiger charge is 2.41. The lowest BCUT2D eigenvalue weighted by atomic mass is 9.93. The monoisotopic (exact) mass is 241 g/mol. The molecule has 2 unspecified atom stereocenters. The van der Waals surface area contributed by atoms with E-state index in [0.29, 0.717) is 5.57 Å². The summed E-state index contributed by atoms with van der Waals surface area (Å²) in [6, 6.07) is 0. The van der Waals surface area contributed by atoms with Crippen molar-refractivity contribution in [1.82, 2.24) is 5.32 Å². The predicted octanol–water partition coefficient (Wildman–Crippen LogP) is -1.28. The van der Waals surface area contributed by atoms with Gasteiger partial charge in [0.1, 0.15) is 6.10 Å². The summed E-state index contributed by atoms with van der Waals surface area (Å²) in [4.78, 5) is 22.9. The van der Waals surface area contributed by atoms with Gasteiger partial charge in [0.05, 0.1) is 24.7 Å². The Morgan fingerprint density at radius 1 is 1.53 bits per heavy atom. The second kappa shape index (κ2) is 4.56. The van der Waals surface area contributed by atoms with Gasteiger partial charge in [-0.05, 0) is 6.92 Å². The standard InChI is InChI=1S/C11H15NO5/c1-5-2-6(11(16)12-10(5)15)8-3-7(14)9(4-13)17-8/h2,6-9,13-14H,3-4H2,1H3,(H,12,15,16)/t6?,7-,8-,9?/m1/s1. The highest BCUT2D eigenvalue weighted by Crippen LogP contribution is 2.28. The van der Waals surface area contributed by atoms with Crippen molar-refractivity contribution in [3.63, 3.8) is 0 Å². The fraction of sp³-hybridized carbons (Fsp3) is 0.636. The summed E-state index contributed by atoms with van der Waals surface area (Å²) in [5.74, 6) is -1.40. The Hall–Kier alpha value is -1.24. The molecule has 0 saturated carbocycles. The third kappa shape index (κ3) is 2.24. The van der Waals surface area contributed by atoms with Crippen LogP contribution in [0.1, 0.15) is 13.3 Å². The van der Waals surface area contributed by atoms with Crippen LogP contribution in [0.5, 0.6) is 0 Å². The van der Waals surface area contributed by atoms with Crippen molar-refractivity contribution in [3.8, 4) is 0 Å². The minimum Gasteiger partial charge on any atom is -0.394 e. The Balaban J connectivity index is 2.13. The van der Waals surface area contributed by atoms with Gasteiger partial charge in [0, 0.05) is 12.0 Å². The Labute approximate surface area is 98.3 Å². The molecule has 0 aromatic heterocycles. The van der Waals surface area contributed by atoms with E-state index >= 15 is 0 Å². The maximum absolute atomic E-state index is 11.6. The molecule has 17 heavy (non-hydrogen) atoms. The Morgan fingerprint density at radius 3 is 2.82 bits per heavy atom. The predicted molar refractivity (Wildman–Crippen MR) is 56.8 cm³/mol. The lowest BCUT2D eigenvalue weighted by Crippen LogP contribution is -2.44. The fourth-order valence-electron chi connectivity index (χ4n) is 2.15. The van der Waals surface area contributed by atoms with Crippen LogP contribution in [0.3, 0.4) is 0 Å². The van der Waals surface area contributed by atoms with Gasteiger partial charge in [0.2, 0.25) is 5.91 Å². The largest absolute Gasteiger partial charge is 0.394 e. The number of nitrogens with one attached hydrogen (secondary N) is 1. The first-order valence-electron chi connectivity index (χ1n) is 5.51. The molecule has 1 fully saturated rings. The van der Waals surface area contributed by atoms with Crippen molar-refractivity contribution in [2.45, 2.75) is 31.7 Å². The molecule has 2 aliphatic heterocycles. The summed E-state index contributed by atoms with van der Waals surface area (Å²) in [5.41, 5.74) is 0.458. The van der Waals surface area contributed by atoms with Gasteiger partial charge in [0.15, 0.2) is 0 Å². The third-order valence-electron chi connectivity index (χ3n) is 3.16. The van der Waals surface area contributed by atoms with Crippen molar-refractivity contribution in [3.05, 3.63) is 11.6 Å². The van der Waals surface area contributed by atoms with Crippen LogP contribution in [0.25, 0.3) is 0 Å². The van der Waals surface area contributed by atoms with Crippen LogP contribution < -0.4 is 5.32 Å². The van der Waals surface area contributed by atoms with E-state index in [1.165, 1.54) is 0 Å². The van der Waals surface area contributed by atoms with Crippen LogP contribution in [0.4, 0.5) is 0 Å². The number of carbonyl (C=O) groups excluding carboxylic acids is 2. The van der Waals surface area contributed by atoms with E-state index in [2.05, 4.69) is 5.32 Å². The summed E-state index contributed by atoms with van der Waals surface area (Å²) in [7, 11) is 0. The van der Waals surface area contributed by atoms with Crippen molar-refractivity contribution in [2.24, 2.45) is 5.92 Å². The molecule has 0 aromatic rings. The highest BCUT2D eigenvalue weighted by molar-refractivity contribution is 6.08. The second-order valence-electron chi connectivity index (χ2n) is 4.39. The van der Waals surface area contributed by atoms with E-state index in [1.807, 2.05) is 0 Å². The lowest BCUT2D eigenvalue weighted by molar-refractivity contribution is -0.134. The first kappa shape index (κ1) is 12.2. The van der Waals surface area contributed by atoms with Crippen LogP contribution in [-0.2, 0) is 14.3 Å². The number of hydrogen-bond donors (Lipinski definition) is 3. The van der Waals surface area contributed by atoms with Crippen LogP contribution in [0, 0.1) is 5.92 Å². The first-order valence-corrected chi connectivity index (χ1v) is 5.51. The number of amides is 2. The number of hydrogen-bond acceptors (Lipinski definition) is 5. The SMILES string of the molecule is CC1=CC([C@H]2C[C@@H](O)C(CO)O2)C(=O)NC1=O. The number of imide groups is 1. The van der Waals surface area contributed by atoms with Gasteiger partial charge < -0.3 is 14.9 Å². The number of aliphatic hydroxyl groups excluding tert-OH is 2. The molecule has 0 aliphatic carbocycles. The van der Waals surface area contributed by atoms with Crippen LogP contribution >= 0.6 is 0 Å². The van der Waals surface area contributed by atoms with Crippen molar-refractivity contribution in [1.29, 1.82) is 0 Å². The minimum absolute atomic E-state index is 0.279. The van der Waals surface area contributed by atoms with Gasteiger partial charge in [-0.2, -0.15) is 0 Å². The molecule has 0 bridgehead atoms. The molecule has 4 atom stereocenters. The van der Waals surface area contributed by atoms with Crippen molar-refractivity contribution in [2.75, 3.05) is 6.61 Å². The molecular formula is C11H15NO5. The second-order valence-corrected chi connectivity index (χ2v) is 4.39. The number of carbonyl (C=O) groups is 2. The average Bonchev–Trinajstić information content (AvgIpc) is 2.65. The zero-order chi connectivity index (χ0) is 12.6. The molecule has 0 aromatic carbocycles. The van der Waals surface area contributed by atoms with Gasteiger partial charge in [0.25, 0.3) is 5.91 Å². The summed E-state index contributed by atoms with van der Waals surface area (Å²) in [6.45, 7) is 1.33. The topological polar surface area (TPSA) is 95.9 Å². The molecule has 2 aliphatic rings. The third-order valence-corrected chi connectivity index (χ3v) is 3.16. The van der Waals surface area contributed by atoms with E-state index in [9.17, 15) is 14.7 Å². The highest BCUT2D eigenvalue weighted by atomic mass is 16.5. The van der Waals surface area contributed by atoms with E-state index in [4.69, 9.17) is 9.84 Å². The summed E-state index contributed by atoms with van der Waals surface area (Å²) in [5, 5.41) is 20.8. The van der Waals surface area contributed by atoms with Crippen molar-refractivity contribution >= 4 is 11.8 Å². The lowest BCUT2D eigenvalue weighted by Gasteiger charge is -2.23. The van der Waals surface area contributed by atoms with Gasteiger partial charge >= 0.3 is 0 Å². The average molecular weight is 241 g/mol. The maximum atomic E-state index is 11.6. The molecule has 6 heteroatoms. The summed E-state index contributed by atoms with van der Waals surface area (Å²) < 4.78 is 5.40. The smallest absolute Gasteiger partial charge is 0.253 e. The van der Waals surface area contributed by atoms with Crippen LogP contribution in [-0.4, -0.2) is 46.9 Å². The van der Waals surface area contributed by atoms with Gasteiger partial charge in [-0.25, -0.2) is 0 Å². The quantitative estimate of drug-likeness (QED) is 0.523. The summed E-state index contributed by atoms with van der Waals surface area (Å²) in [6.07, 6.45) is -0.0898. The maximum Gasteiger partial charge on any atom is 0.253 e. The van der Waals surface area contributed by atoms with E-state index < -0.39 is 36.0 Å². The molecule has 94 valence electrons. The normalized spacial score (nSPS) is 37.9. The molecule has 0 spiro atoms. The molecule has 6 nitrogen and oxygen atoms in total. The molecule has 3 N–H and O–H groups in total. The minimum atomic E-state index is -0.774. The Kier molecular flexibility index (Phi) is 3.28. The van der Waals surface area contributed by atoms with Crippen LogP contribution in [0.15, 0.2) is 11.6 Å². The Morgan fingerprint density at radius 2 is 2.24 bits per heavy atom. The first-order chi connectivity index (χ1) is 8.02. The zero-order valence-corrected chi connectivity index (χ0v) is 9.42. The van der Waals surface area contributed by atoms with E-state index in [1.54, 1.807) is 13.0 Å². The molecule has 0 radical (unpaired) electrons.